The zero-order chi connectivity index (χ0) is 24.8. The van der Waals surface area contributed by atoms with E-state index in [9.17, 15) is 18.0 Å². The van der Waals surface area contributed by atoms with E-state index in [-0.39, 0.29) is 23.2 Å². The lowest BCUT2D eigenvalue weighted by molar-refractivity contribution is -0.139. The number of halogens is 2. The average Bonchev–Trinajstić information content (AvgIpc) is 2.74. The Bertz CT molecular complexity index is 1090. The monoisotopic (exact) mass is 513 g/mol. The number of benzene rings is 2. The summed E-state index contributed by atoms with van der Waals surface area (Å²) in [5.41, 5.74) is 2.01. The fourth-order valence-corrected chi connectivity index (χ4v) is 4.57. The van der Waals surface area contributed by atoms with Gasteiger partial charge in [0, 0.05) is 18.1 Å². The van der Waals surface area contributed by atoms with Gasteiger partial charge in [0.25, 0.3) is 0 Å². The highest BCUT2D eigenvalue weighted by molar-refractivity contribution is 7.92. The largest absolute Gasteiger partial charge is 0.354 e. The van der Waals surface area contributed by atoms with Crippen LogP contribution in [0, 0.1) is 6.92 Å². The van der Waals surface area contributed by atoms with Crippen LogP contribution >= 0.6 is 23.2 Å². The highest BCUT2D eigenvalue weighted by atomic mass is 35.5. The number of aryl methyl sites for hydroxylation is 1. The number of hydrogen-bond acceptors (Lipinski definition) is 4. The van der Waals surface area contributed by atoms with Crippen LogP contribution in [0.3, 0.4) is 0 Å². The molecule has 0 aromatic heterocycles. The minimum absolute atomic E-state index is 0.0968. The molecule has 7 nitrogen and oxygen atoms in total. The number of rotatable bonds is 10. The maximum Gasteiger partial charge on any atom is 0.244 e. The van der Waals surface area contributed by atoms with Crippen molar-refractivity contribution >= 4 is 50.7 Å². The van der Waals surface area contributed by atoms with Gasteiger partial charge in [-0.3, -0.25) is 13.9 Å². The molecule has 0 radical (unpaired) electrons. The lowest BCUT2D eigenvalue weighted by Gasteiger charge is -2.31. The standard InChI is InChI=1S/C23H29Cl2N3O4S/c1-5-12-26-23(30)17(3)27(14-18-8-6-16(2)7-9-18)22(29)15-28(33(4,31)32)21-11-10-19(24)13-20(21)25/h6-11,13,17H,5,12,14-15H2,1-4H3,(H,26,30). The molecule has 1 atom stereocenters. The Balaban J connectivity index is 2.39. The van der Waals surface area contributed by atoms with Gasteiger partial charge in [-0.1, -0.05) is 60.0 Å². The van der Waals surface area contributed by atoms with Crippen LogP contribution in [0.1, 0.15) is 31.4 Å². The normalized spacial score (nSPS) is 12.2. The molecule has 0 aliphatic heterocycles. The fraction of sp³-hybridized carbons (Fsp3) is 0.391. The van der Waals surface area contributed by atoms with Crippen molar-refractivity contribution in [2.75, 3.05) is 23.7 Å². The van der Waals surface area contributed by atoms with Gasteiger partial charge in [0.1, 0.15) is 12.6 Å². The molecule has 0 fully saturated rings. The van der Waals surface area contributed by atoms with E-state index in [1.54, 1.807) is 6.92 Å². The Morgan fingerprint density at radius 3 is 2.27 bits per heavy atom. The molecule has 10 heteroatoms. The quantitative estimate of drug-likeness (QED) is 0.519. The first-order valence-electron chi connectivity index (χ1n) is 10.5. The molecular formula is C23H29Cl2N3O4S. The van der Waals surface area contributed by atoms with E-state index in [0.717, 1.165) is 28.1 Å². The molecule has 2 amide bonds. The second-order valence-electron chi connectivity index (χ2n) is 7.84. The van der Waals surface area contributed by atoms with E-state index < -0.39 is 28.5 Å². The maximum absolute atomic E-state index is 13.4. The maximum atomic E-state index is 13.4. The molecule has 2 rings (SSSR count). The smallest absolute Gasteiger partial charge is 0.244 e. The summed E-state index contributed by atoms with van der Waals surface area (Å²) in [5.74, 6) is -0.848. The number of amides is 2. The summed E-state index contributed by atoms with van der Waals surface area (Å²) in [4.78, 5) is 27.5. The van der Waals surface area contributed by atoms with Gasteiger partial charge in [-0.05, 0) is 44.0 Å². The fourth-order valence-electron chi connectivity index (χ4n) is 3.15. The number of carbonyl (C=O) groups excluding carboxylic acids is 2. The average molecular weight is 514 g/mol. The van der Waals surface area contributed by atoms with Gasteiger partial charge < -0.3 is 10.2 Å². The molecule has 180 valence electrons. The van der Waals surface area contributed by atoms with Crippen LogP contribution in [0.25, 0.3) is 0 Å². The molecule has 0 saturated heterocycles. The number of anilines is 1. The van der Waals surface area contributed by atoms with E-state index in [0.29, 0.717) is 11.6 Å². The van der Waals surface area contributed by atoms with Gasteiger partial charge in [-0.15, -0.1) is 0 Å². The van der Waals surface area contributed by atoms with E-state index in [4.69, 9.17) is 23.2 Å². The summed E-state index contributed by atoms with van der Waals surface area (Å²) in [6.45, 7) is 5.61. The Morgan fingerprint density at radius 2 is 1.73 bits per heavy atom. The predicted molar refractivity (Wildman–Crippen MR) is 133 cm³/mol. The topological polar surface area (TPSA) is 86.8 Å². The van der Waals surface area contributed by atoms with Crippen LogP contribution < -0.4 is 9.62 Å². The van der Waals surface area contributed by atoms with E-state index >= 15 is 0 Å². The molecule has 1 N–H and O–H groups in total. The number of nitrogens with zero attached hydrogens (tertiary/aromatic N) is 2. The van der Waals surface area contributed by atoms with Crippen LogP contribution in [-0.4, -0.2) is 50.5 Å². The summed E-state index contributed by atoms with van der Waals surface area (Å²) < 4.78 is 26.0. The second kappa shape index (κ2) is 11.7. The molecule has 0 heterocycles. The van der Waals surface area contributed by atoms with Crippen molar-refractivity contribution in [2.45, 2.75) is 39.8 Å². The SMILES string of the molecule is CCCNC(=O)C(C)N(Cc1ccc(C)cc1)C(=O)CN(c1ccc(Cl)cc1Cl)S(C)(=O)=O. The second-order valence-corrected chi connectivity index (χ2v) is 10.6. The number of sulfonamides is 1. The van der Waals surface area contributed by atoms with E-state index in [2.05, 4.69) is 5.32 Å². The summed E-state index contributed by atoms with van der Waals surface area (Å²) in [6, 6.07) is 11.1. The zero-order valence-electron chi connectivity index (χ0n) is 19.1. The predicted octanol–water partition coefficient (Wildman–Crippen LogP) is 4.01. The molecular weight excluding hydrogens is 485 g/mol. The van der Waals surface area contributed by atoms with Crippen LogP contribution in [0.2, 0.25) is 10.0 Å². The highest BCUT2D eigenvalue weighted by Gasteiger charge is 2.30. The van der Waals surface area contributed by atoms with Crippen LogP contribution in [0.5, 0.6) is 0 Å². The first-order chi connectivity index (χ1) is 15.4. The summed E-state index contributed by atoms with van der Waals surface area (Å²) in [7, 11) is -3.86. The lowest BCUT2D eigenvalue weighted by Crippen LogP contribution is -2.51. The molecule has 0 saturated carbocycles. The first kappa shape index (κ1) is 27.0. The minimum atomic E-state index is -3.86. The molecule has 33 heavy (non-hydrogen) atoms. The third-order valence-electron chi connectivity index (χ3n) is 5.05. The summed E-state index contributed by atoms with van der Waals surface area (Å²) in [5, 5.41) is 3.23. The van der Waals surface area contributed by atoms with E-state index in [1.165, 1.54) is 23.1 Å². The van der Waals surface area contributed by atoms with E-state index in [1.807, 2.05) is 38.1 Å². The summed E-state index contributed by atoms with van der Waals surface area (Å²) in [6.07, 6.45) is 1.74. The molecule has 1 unspecified atom stereocenters. The molecule has 0 spiro atoms. The van der Waals surface area contributed by atoms with Crippen LogP contribution in [-0.2, 0) is 26.2 Å². The van der Waals surface area contributed by atoms with Crippen molar-refractivity contribution in [2.24, 2.45) is 0 Å². The zero-order valence-corrected chi connectivity index (χ0v) is 21.5. The van der Waals surface area contributed by atoms with Crippen LogP contribution in [0.15, 0.2) is 42.5 Å². The van der Waals surface area contributed by atoms with Crippen LogP contribution in [0.4, 0.5) is 5.69 Å². The number of hydrogen-bond donors (Lipinski definition) is 1. The van der Waals surface area contributed by atoms with Crippen molar-refractivity contribution in [1.29, 1.82) is 0 Å². The number of nitrogens with one attached hydrogen (secondary N) is 1. The molecule has 0 bridgehead atoms. The van der Waals surface area contributed by atoms with Crippen molar-refractivity contribution in [3.63, 3.8) is 0 Å². The Hall–Kier alpha value is -2.29. The molecule has 0 aliphatic rings. The van der Waals surface area contributed by atoms with Gasteiger partial charge in [0.2, 0.25) is 21.8 Å². The van der Waals surface area contributed by atoms with Crippen molar-refractivity contribution in [3.05, 3.63) is 63.6 Å². The van der Waals surface area contributed by atoms with Gasteiger partial charge >= 0.3 is 0 Å². The van der Waals surface area contributed by atoms with Crippen molar-refractivity contribution in [3.8, 4) is 0 Å². The Morgan fingerprint density at radius 1 is 1.09 bits per heavy atom. The Labute approximate surface area is 205 Å². The van der Waals surface area contributed by atoms with Gasteiger partial charge in [0.05, 0.1) is 17.0 Å². The van der Waals surface area contributed by atoms with Crippen molar-refractivity contribution < 1.29 is 18.0 Å². The summed E-state index contributed by atoms with van der Waals surface area (Å²) >= 11 is 12.2. The lowest BCUT2D eigenvalue weighted by atomic mass is 10.1. The Kier molecular flexibility index (Phi) is 9.57. The third-order valence-corrected chi connectivity index (χ3v) is 6.71. The molecule has 0 aliphatic carbocycles. The number of carbonyl (C=O) groups is 2. The first-order valence-corrected chi connectivity index (χ1v) is 13.1. The third kappa shape index (κ3) is 7.62. The van der Waals surface area contributed by atoms with Gasteiger partial charge in [-0.2, -0.15) is 0 Å². The van der Waals surface area contributed by atoms with Gasteiger partial charge in [0.15, 0.2) is 0 Å². The molecule has 2 aromatic carbocycles. The van der Waals surface area contributed by atoms with Crippen molar-refractivity contribution in [1.82, 2.24) is 10.2 Å². The molecule has 2 aromatic rings. The minimum Gasteiger partial charge on any atom is -0.354 e. The van der Waals surface area contributed by atoms with Gasteiger partial charge in [-0.25, -0.2) is 8.42 Å². The highest BCUT2D eigenvalue weighted by Crippen LogP contribution is 2.30.